The molecule has 0 saturated carbocycles. The quantitative estimate of drug-likeness (QED) is 0.333. The van der Waals surface area contributed by atoms with Crippen molar-refractivity contribution in [2.24, 2.45) is 0 Å². The summed E-state index contributed by atoms with van der Waals surface area (Å²) in [7, 11) is 3.42. The van der Waals surface area contributed by atoms with Gasteiger partial charge in [-0.15, -0.1) is 10.2 Å². The number of rotatable bonds is 9. The maximum atomic E-state index is 12.1. The number of hydrogen-bond donors (Lipinski definition) is 3. The molecule has 1 amide bonds. The molecule has 3 N–H and O–H groups in total. The first-order valence-corrected chi connectivity index (χ1v) is 11.2. The van der Waals surface area contributed by atoms with Gasteiger partial charge in [-0.25, -0.2) is 4.98 Å². The fraction of sp³-hybridized carbons (Fsp3) is 0.240. The summed E-state index contributed by atoms with van der Waals surface area (Å²) in [5.74, 6) is 1.46. The summed E-state index contributed by atoms with van der Waals surface area (Å²) in [6, 6.07) is 16.2. The zero-order valence-corrected chi connectivity index (χ0v) is 19.8. The number of hydrogen-bond acceptors (Lipinski definition) is 9. The second-order valence-electron chi connectivity index (χ2n) is 8.00. The molecule has 0 fully saturated rings. The van der Waals surface area contributed by atoms with Gasteiger partial charge in [0.1, 0.15) is 5.82 Å². The fourth-order valence-corrected chi connectivity index (χ4v) is 3.38. The van der Waals surface area contributed by atoms with E-state index in [0.29, 0.717) is 40.9 Å². The van der Waals surface area contributed by atoms with Crippen LogP contribution in [0, 0.1) is 0 Å². The molecule has 35 heavy (non-hydrogen) atoms. The van der Waals surface area contributed by atoms with E-state index >= 15 is 0 Å². The largest absolute Gasteiger partial charge is 0.421 e. The molecule has 0 bridgehead atoms. The fourth-order valence-electron chi connectivity index (χ4n) is 3.38. The zero-order chi connectivity index (χ0) is 24.8. The molecule has 0 saturated heterocycles. The minimum atomic E-state index is -0.414. The highest BCUT2D eigenvalue weighted by molar-refractivity contribution is 5.94. The van der Waals surface area contributed by atoms with Gasteiger partial charge in [-0.1, -0.05) is 37.3 Å². The number of carbonyl (C=O) groups is 1. The summed E-state index contributed by atoms with van der Waals surface area (Å²) in [6.07, 6.45) is 2.19. The maximum Gasteiger partial charge on any atom is 0.253 e. The van der Waals surface area contributed by atoms with Crippen LogP contribution in [0.1, 0.15) is 34.8 Å². The third-order valence-electron chi connectivity index (χ3n) is 5.28. The van der Waals surface area contributed by atoms with Gasteiger partial charge in [0.25, 0.3) is 11.8 Å². The van der Waals surface area contributed by atoms with Crippen LogP contribution in [0.15, 0.2) is 65.2 Å². The van der Waals surface area contributed by atoms with Gasteiger partial charge in [0.05, 0.1) is 18.2 Å². The Kier molecular flexibility index (Phi) is 7.32. The number of aryl methyl sites for hydroxylation is 1. The first kappa shape index (κ1) is 23.8. The van der Waals surface area contributed by atoms with Gasteiger partial charge in [-0.3, -0.25) is 4.79 Å². The van der Waals surface area contributed by atoms with Gasteiger partial charge in [-0.2, -0.15) is 4.98 Å². The average Bonchev–Trinajstić information content (AvgIpc) is 3.37. The molecule has 180 valence electrons. The third-order valence-corrected chi connectivity index (χ3v) is 5.28. The molecule has 0 aliphatic rings. The van der Waals surface area contributed by atoms with Crippen molar-refractivity contribution in [1.82, 2.24) is 25.1 Å². The number of benzene rings is 2. The van der Waals surface area contributed by atoms with Gasteiger partial charge in [0.2, 0.25) is 11.8 Å². The Bertz CT molecular complexity index is 1270. The summed E-state index contributed by atoms with van der Waals surface area (Å²) < 4.78 is 5.73. The molecule has 0 radical (unpaired) electrons. The first-order chi connectivity index (χ1) is 17.0. The Morgan fingerprint density at radius 1 is 1.09 bits per heavy atom. The number of carbonyl (C=O) groups excluding carboxylic acids is 1. The van der Waals surface area contributed by atoms with Crippen LogP contribution >= 0.6 is 0 Å². The monoisotopic (exact) mass is 473 g/mol. The smallest absolute Gasteiger partial charge is 0.253 e. The van der Waals surface area contributed by atoms with Crippen LogP contribution in [0.3, 0.4) is 0 Å². The van der Waals surface area contributed by atoms with Gasteiger partial charge >= 0.3 is 0 Å². The Morgan fingerprint density at radius 2 is 1.83 bits per heavy atom. The minimum Gasteiger partial charge on any atom is -0.421 e. The van der Waals surface area contributed by atoms with E-state index in [4.69, 9.17) is 4.42 Å². The number of nitrogens with one attached hydrogen (secondary N) is 2. The molecule has 0 aliphatic heterocycles. The van der Waals surface area contributed by atoms with Gasteiger partial charge in [0, 0.05) is 38.0 Å². The van der Waals surface area contributed by atoms with Crippen molar-refractivity contribution >= 4 is 23.4 Å². The lowest BCUT2D eigenvalue weighted by Gasteiger charge is -2.19. The Labute approximate surface area is 203 Å². The van der Waals surface area contributed by atoms with E-state index in [1.165, 1.54) is 4.90 Å². The van der Waals surface area contributed by atoms with E-state index in [9.17, 15) is 9.90 Å². The van der Waals surface area contributed by atoms with Crippen molar-refractivity contribution in [2.45, 2.75) is 19.4 Å². The van der Waals surface area contributed by atoms with Crippen LogP contribution < -0.4 is 10.6 Å². The normalized spacial score (nSPS) is 11.7. The topological polar surface area (TPSA) is 129 Å². The van der Waals surface area contributed by atoms with Crippen molar-refractivity contribution in [1.29, 1.82) is 0 Å². The van der Waals surface area contributed by atoms with Crippen molar-refractivity contribution < 1.29 is 14.3 Å². The van der Waals surface area contributed by atoms with Crippen LogP contribution in [0.5, 0.6) is 0 Å². The first-order valence-electron chi connectivity index (χ1n) is 11.2. The zero-order valence-electron chi connectivity index (χ0n) is 19.8. The summed E-state index contributed by atoms with van der Waals surface area (Å²) in [6.45, 7) is 1.77. The Morgan fingerprint density at radius 3 is 2.46 bits per heavy atom. The summed E-state index contributed by atoms with van der Waals surface area (Å²) >= 11 is 0. The predicted octanol–water partition coefficient (Wildman–Crippen LogP) is 3.68. The number of anilines is 3. The van der Waals surface area contributed by atoms with Crippen molar-refractivity contribution in [2.75, 3.05) is 31.3 Å². The molecular formula is C25H27N7O3. The van der Waals surface area contributed by atoms with E-state index in [-0.39, 0.29) is 18.4 Å². The number of aliphatic hydroxyl groups excluding tert-OH is 1. The molecule has 1 atom stereocenters. The van der Waals surface area contributed by atoms with Crippen molar-refractivity contribution in [3.05, 3.63) is 77.8 Å². The average molecular weight is 474 g/mol. The standard InChI is InChI=1S/C25H27N7O3/c1-4-21-30-31-23(35-21)19-14-26-25(27-18-12-10-17(11-13-18)24(34)32(2)3)29-22(19)28-20(15-33)16-8-6-5-7-9-16/h5-14,20,33H,4,15H2,1-3H3,(H2,26,27,28,29)/t20-/m1/s1. The molecular weight excluding hydrogens is 446 g/mol. The highest BCUT2D eigenvalue weighted by atomic mass is 16.4. The van der Waals surface area contributed by atoms with Crippen LogP contribution in [-0.4, -0.2) is 56.8 Å². The summed E-state index contributed by atoms with van der Waals surface area (Å²) in [5.41, 5.74) is 2.71. The molecule has 0 spiro atoms. The van der Waals surface area contributed by atoms with Gasteiger partial charge < -0.3 is 25.1 Å². The van der Waals surface area contributed by atoms with Gasteiger partial charge in [-0.05, 0) is 29.8 Å². The lowest BCUT2D eigenvalue weighted by atomic mass is 10.1. The summed E-state index contributed by atoms with van der Waals surface area (Å²) in [5, 5.41) is 24.6. The van der Waals surface area contributed by atoms with Crippen LogP contribution in [-0.2, 0) is 6.42 Å². The third kappa shape index (κ3) is 5.61. The molecule has 0 aliphatic carbocycles. The highest BCUT2D eigenvalue weighted by Gasteiger charge is 2.19. The van der Waals surface area contributed by atoms with E-state index < -0.39 is 6.04 Å². The molecule has 2 heterocycles. The number of aromatic nitrogens is 4. The Hall–Kier alpha value is -4.31. The van der Waals surface area contributed by atoms with E-state index in [1.54, 1.807) is 44.6 Å². The van der Waals surface area contributed by atoms with Crippen LogP contribution in [0.4, 0.5) is 17.5 Å². The molecule has 4 aromatic rings. The second kappa shape index (κ2) is 10.7. The summed E-state index contributed by atoms with van der Waals surface area (Å²) in [4.78, 5) is 22.7. The Balaban J connectivity index is 1.65. The number of nitrogens with zero attached hydrogens (tertiary/aromatic N) is 5. The molecule has 10 nitrogen and oxygen atoms in total. The molecule has 10 heteroatoms. The van der Waals surface area contributed by atoms with E-state index in [1.807, 2.05) is 37.3 Å². The lowest BCUT2D eigenvalue weighted by molar-refractivity contribution is 0.0827. The van der Waals surface area contributed by atoms with E-state index in [2.05, 4.69) is 30.8 Å². The second-order valence-corrected chi connectivity index (χ2v) is 8.00. The molecule has 2 aromatic carbocycles. The number of aliphatic hydroxyl groups is 1. The van der Waals surface area contributed by atoms with Crippen molar-refractivity contribution in [3.63, 3.8) is 0 Å². The lowest BCUT2D eigenvalue weighted by Crippen LogP contribution is -2.21. The number of amides is 1. The maximum absolute atomic E-state index is 12.1. The molecule has 2 aromatic heterocycles. The minimum absolute atomic E-state index is 0.0781. The van der Waals surface area contributed by atoms with Crippen LogP contribution in [0.25, 0.3) is 11.5 Å². The van der Waals surface area contributed by atoms with Crippen LogP contribution in [0.2, 0.25) is 0 Å². The highest BCUT2D eigenvalue weighted by Crippen LogP contribution is 2.29. The molecule has 4 rings (SSSR count). The van der Waals surface area contributed by atoms with Gasteiger partial charge in [0.15, 0.2) is 0 Å². The van der Waals surface area contributed by atoms with E-state index in [0.717, 1.165) is 5.56 Å². The molecule has 0 unspecified atom stereocenters. The predicted molar refractivity (Wildman–Crippen MR) is 132 cm³/mol. The van der Waals surface area contributed by atoms with Crippen molar-refractivity contribution in [3.8, 4) is 11.5 Å². The SMILES string of the molecule is CCc1nnc(-c2cnc(Nc3ccc(C(=O)N(C)C)cc3)nc2N[C@H](CO)c2ccccc2)o1.